The number of ether oxygens (including phenoxy) is 1. The van der Waals surface area contributed by atoms with Crippen LogP contribution in [0.15, 0.2) is 16.9 Å². The average Bonchev–Trinajstić information content (AvgIpc) is 2.03. The molecule has 0 amide bonds. The second-order valence-corrected chi connectivity index (χ2v) is 2.70. The highest BCUT2D eigenvalue weighted by Crippen LogP contribution is 2.17. The minimum absolute atomic E-state index is 0.148. The van der Waals surface area contributed by atoms with Crippen LogP contribution in [0.25, 0.3) is 0 Å². The zero-order valence-corrected chi connectivity index (χ0v) is 7.76. The molecule has 0 unspecified atom stereocenters. The van der Waals surface area contributed by atoms with E-state index in [0.29, 0.717) is 0 Å². The predicted molar refractivity (Wildman–Crippen MR) is 43.2 cm³/mol. The van der Waals surface area contributed by atoms with Crippen molar-refractivity contribution in [2.45, 2.75) is 0 Å². The molecule has 0 fully saturated rings. The molecule has 0 atom stereocenters. The molecule has 3 nitrogen and oxygen atoms in total. The fourth-order valence-corrected chi connectivity index (χ4v) is 1.17. The standard InChI is InChI=1S/C7H5BrFNO2/c1-12-7(11)5-4(9)2-3-10-6(5)8/h2-3H,1H3. The maximum Gasteiger partial charge on any atom is 0.343 e. The van der Waals surface area contributed by atoms with Gasteiger partial charge in [0.1, 0.15) is 16.0 Å². The summed E-state index contributed by atoms with van der Waals surface area (Å²) in [6.45, 7) is 0. The lowest BCUT2D eigenvalue weighted by Crippen LogP contribution is -2.06. The molecule has 0 aliphatic carbocycles. The number of aromatic nitrogens is 1. The third kappa shape index (κ3) is 1.61. The van der Waals surface area contributed by atoms with Gasteiger partial charge in [-0.25, -0.2) is 14.2 Å². The monoisotopic (exact) mass is 233 g/mol. The Bertz CT molecular complexity index is 296. The molecule has 0 aliphatic heterocycles. The van der Waals surface area contributed by atoms with Gasteiger partial charge in [0.15, 0.2) is 0 Å². The molecule has 0 N–H and O–H groups in total. The summed E-state index contributed by atoms with van der Waals surface area (Å²) in [6.07, 6.45) is 1.26. The first-order valence-corrected chi connectivity index (χ1v) is 3.84. The van der Waals surface area contributed by atoms with Gasteiger partial charge in [0, 0.05) is 6.20 Å². The summed E-state index contributed by atoms with van der Waals surface area (Å²) in [7, 11) is 1.18. The lowest BCUT2D eigenvalue weighted by Gasteiger charge is -2.01. The quantitative estimate of drug-likeness (QED) is 0.549. The number of hydrogen-bond donors (Lipinski definition) is 0. The first-order chi connectivity index (χ1) is 5.66. The Morgan fingerprint density at radius 2 is 2.42 bits per heavy atom. The van der Waals surface area contributed by atoms with E-state index in [0.717, 1.165) is 6.07 Å². The summed E-state index contributed by atoms with van der Waals surface area (Å²) in [6, 6.07) is 1.09. The van der Waals surface area contributed by atoms with E-state index in [1.165, 1.54) is 13.3 Å². The van der Waals surface area contributed by atoms with Crippen LogP contribution in [0.1, 0.15) is 10.4 Å². The van der Waals surface area contributed by atoms with Crippen molar-refractivity contribution in [3.05, 3.63) is 28.2 Å². The number of halogens is 2. The second kappa shape index (κ2) is 3.62. The summed E-state index contributed by atoms with van der Waals surface area (Å²) in [5.41, 5.74) is -0.181. The first-order valence-electron chi connectivity index (χ1n) is 3.05. The minimum Gasteiger partial charge on any atom is -0.465 e. The number of rotatable bonds is 1. The van der Waals surface area contributed by atoms with Crippen LogP contribution in [0.3, 0.4) is 0 Å². The lowest BCUT2D eigenvalue weighted by molar-refractivity contribution is 0.0593. The zero-order valence-electron chi connectivity index (χ0n) is 6.17. The molecule has 1 heterocycles. The van der Waals surface area contributed by atoms with Crippen LogP contribution in [0, 0.1) is 5.82 Å². The second-order valence-electron chi connectivity index (χ2n) is 1.95. The molecule has 64 valence electrons. The van der Waals surface area contributed by atoms with Crippen molar-refractivity contribution >= 4 is 21.9 Å². The SMILES string of the molecule is COC(=O)c1c(F)ccnc1Br. The first kappa shape index (κ1) is 9.12. The van der Waals surface area contributed by atoms with Gasteiger partial charge in [-0.3, -0.25) is 0 Å². The van der Waals surface area contributed by atoms with Crippen LogP contribution in [0.4, 0.5) is 4.39 Å². The fourth-order valence-electron chi connectivity index (χ4n) is 0.698. The number of carbonyl (C=O) groups excluding carboxylic acids is 1. The number of esters is 1. The van der Waals surface area contributed by atoms with E-state index in [1.807, 2.05) is 0 Å². The van der Waals surface area contributed by atoms with Crippen molar-refractivity contribution in [1.29, 1.82) is 0 Å². The highest BCUT2D eigenvalue weighted by atomic mass is 79.9. The topological polar surface area (TPSA) is 39.2 Å². The van der Waals surface area contributed by atoms with E-state index < -0.39 is 11.8 Å². The fraction of sp³-hybridized carbons (Fsp3) is 0.143. The van der Waals surface area contributed by atoms with Gasteiger partial charge in [-0.1, -0.05) is 0 Å². The van der Waals surface area contributed by atoms with Gasteiger partial charge >= 0.3 is 5.97 Å². The van der Waals surface area contributed by atoms with E-state index in [9.17, 15) is 9.18 Å². The van der Waals surface area contributed by atoms with Gasteiger partial charge < -0.3 is 4.74 Å². The molecule has 0 aromatic carbocycles. The predicted octanol–water partition coefficient (Wildman–Crippen LogP) is 1.77. The average molecular weight is 234 g/mol. The van der Waals surface area contributed by atoms with Crippen molar-refractivity contribution in [2.24, 2.45) is 0 Å². The van der Waals surface area contributed by atoms with E-state index in [4.69, 9.17) is 0 Å². The maximum absolute atomic E-state index is 12.9. The molecule has 0 saturated heterocycles. The summed E-state index contributed by atoms with van der Waals surface area (Å²) >= 11 is 2.94. The minimum atomic E-state index is -0.743. The molecule has 0 aliphatic rings. The Morgan fingerprint density at radius 3 is 2.92 bits per heavy atom. The highest BCUT2D eigenvalue weighted by Gasteiger charge is 2.16. The Hall–Kier alpha value is -0.970. The number of pyridine rings is 1. The van der Waals surface area contributed by atoms with Gasteiger partial charge in [0.2, 0.25) is 0 Å². The van der Waals surface area contributed by atoms with Gasteiger partial charge in [0.05, 0.1) is 7.11 Å². The van der Waals surface area contributed by atoms with Gasteiger partial charge in [-0.15, -0.1) is 0 Å². The van der Waals surface area contributed by atoms with Crippen LogP contribution in [0.5, 0.6) is 0 Å². The molecular weight excluding hydrogens is 229 g/mol. The van der Waals surface area contributed by atoms with Crippen LogP contribution in [-0.4, -0.2) is 18.1 Å². The zero-order chi connectivity index (χ0) is 9.14. The van der Waals surface area contributed by atoms with Gasteiger partial charge in [0.25, 0.3) is 0 Å². The summed E-state index contributed by atoms with van der Waals surface area (Å²) in [5, 5.41) is 0. The Morgan fingerprint density at radius 1 is 1.75 bits per heavy atom. The smallest absolute Gasteiger partial charge is 0.343 e. The third-order valence-corrected chi connectivity index (χ3v) is 1.84. The highest BCUT2D eigenvalue weighted by molar-refractivity contribution is 9.10. The third-order valence-electron chi connectivity index (χ3n) is 1.24. The van der Waals surface area contributed by atoms with E-state index >= 15 is 0 Å². The molecular formula is C7H5BrFNO2. The number of carbonyl (C=O) groups is 1. The van der Waals surface area contributed by atoms with Gasteiger partial charge in [-0.2, -0.15) is 0 Å². The molecule has 1 aromatic rings. The van der Waals surface area contributed by atoms with Crippen molar-refractivity contribution in [3.8, 4) is 0 Å². The van der Waals surface area contributed by atoms with Crippen molar-refractivity contribution < 1.29 is 13.9 Å². The molecule has 12 heavy (non-hydrogen) atoms. The Labute approximate surface area is 76.7 Å². The van der Waals surface area contributed by atoms with Gasteiger partial charge in [-0.05, 0) is 22.0 Å². The molecule has 0 saturated carbocycles. The maximum atomic E-state index is 12.9. The molecule has 5 heteroatoms. The largest absolute Gasteiger partial charge is 0.465 e. The molecule has 1 aromatic heterocycles. The van der Waals surface area contributed by atoms with Crippen molar-refractivity contribution in [1.82, 2.24) is 4.98 Å². The van der Waals surface area contributed by atoms with E-state index in [-0.39, 0.29) is 10.2 Å². The van der Waals surface area contributed by atoms with E-state index in [2.05, 4.69) is 25.7 Å². The van der Waals surface area contributed by atoms with Crippen molar-refractivity contribution in [3.63, 3.8) is 0 Å². The summed E-state index contributed by atoms with van der Waals surface area (Å²) in [4.78, 5) is 14.6. The van der Waals surface area contributed by atoms with Crippen molar-refractivity contribution in [2.75, 3.05) is 7.11 Å². The molecule has 0 bridgehead atoms. The van der Waals surface area contributed by atoms with Crippen LogP contribution >= 0.6 is 15.9 Å². The normalized spacial score (nSPS) is 9.58. The Balaban J connectivity index is 3.21. The number of nitrogens with zero attached hydrogens (tertiary/aromatic N) is 1. The summed E-state index contributed by atoms with van der Waals surface area (Å²) in [5.74, 6) is -1.39. The Kier molecular flexibility index (Phi) is 2.75. The van der Waals surface area contributed by atoms with Crippen LogP contribution in [0.2, 0.25) is 0 Å². The molecule has 0 spiro atoms. The van der Waals surface area contributed by atoms with Crippen LogP contribution < -0.4 is 0 Å². The number of methoxy groups -OCH3 is 1. The summed E-state index contributed by atoms with van der Waals surface area (Å²) < 4.78 is 17.4. The lowest BCUT2D eigenvalue weighted by atomic mass is 10.3. The molecule has 1 rings (SSSR count). The van der Waals surface area contributed by atoms with Crippen LogP contribution in [-0.2, 0) is 4.74 Å². The van der Waals surface area contributed by atoms with E-state index in [1.54, 1.807) is 0 Å². The molecule has 0 radical (unpaired) electrons. The number of hydrogen-bond acceptors (Lipinski definition) is 3.